The summed E-state index contributed by atoms with van der Waals surface area (Å²) in [4.78, 5) is 12.0. The molecule has 0 aliphatic heterocycles. The molecule has 0 spiro atoms. The molecular formula is C17H17Cl2NO2. The number of amides is 1. The third-order valence-electron chi connectivity index (χ3n) is 3.13. The Bertz CT molecular complexity index is 651. The van der Waals surface area contributed by atoms with Crippen molar-refractivity contribution in [3.05, 3.63) is 58.1 Å². The quantitative estimate of drug-likeness (QED) is 0.820. The van der Waals surface area contributed by atoms with Gasteiger partial charge in [-0.2, -0.15) is 0 Å². The Kier molecular flexibility index (Phi) is 5.69. The van der Waals surface area contributed by atoms with Gasteiger partial charge in [0.2, 0.25) is 0 Å². The summed E-state index contributed by atoms with van der Waals surface area (Å²) >= 11 is 12.0. The average molecular weight is 338 g/mol. The maximum atomic E-state index is 12.0. The van der Waals surface area contributed by atoms with E-state index in [0.717, 1.165) is 5.56 Å². The Balaban J connectivity index is 2.02. The van der Waals surface area contributed by atoms with E-state index in [1.165, 1.54) is 0 Å². The van der Waals surface area contributed by atoms with Crippen molar-refractivity contribution in [1.29, 1.82) is 0 Å². The predicted octanol–water partition coefficient (Wildman–Crippen LogP) is 5.13. The Labute approximate surface area is 140 Å². The lowest BCUT2D eigenvalue weighted by molar-refractivity contribution is -0.118. The molecule has 0 radical (unpaired) electrons. The molecule has 0 aromatic heterocycles. The molecule has 1 amide bonds. The summed E-state index contributed by atoms with van der Waals surface area (Å²) in [7, 11) is 0. The van der Waals surface area contributed by atoms with Crippen LogP contribution in [0.2, 0.25) is 10.0 Å². The molecular weight excluding hydrogens is 321 g/mol. The average Bonchev–Trinajstić information content (AvgIpc) is 2.49. The van der Waals surface area contributed by atoms with Crippen molar-refractivity contribution in [3.8, 4) is 5.75 Å². The molecule has 2 aromatic carbocycles. The van der Waals surface area contributed by atoms with Crippen LogP contribution in [0.3, 0.4) is 0 Å². The van der Waals surface area contributed by atoms with Crippen molar-refractivity contribution in [2.75, 3.05) is 11.9 Å². The van der Waals surface area contributed by atoms with Gasteiger partial charge in [-0.25, -0.2) is 0 Å². The molecule has 1 N–H and O–H groups in total. The standard InChI is InChI=1S/C17H17Cl2NO2/c1-11(2)12-6-3-4-9-15(12)22-10-16(21)20-17-13(18)7-5-8-14(17)19/h3-9,11H,10H2,1-2H3,(H,20,21). The molecule has 2 rings (SSSR count). The molecule has 0 heterocycles. The number of carbonyl (C=O) groups excluding carboxylic acids is 1. The van der Waals surface area contributed by atoms with Crippen molar-refractivity contribution in [1.82, 2.24) is 0 Å². The number of hydrogen-bond acceptors (Lipinski definition) is 2. The van der Waals surface area contributed by atoms with Crippen LogP contribution in [0.1, 0.15) is 25.3 Å². The van der Waals surface area contributed by atoms with Crippen LogP contribution in [0.25, 0.3) is 0 Å². The third kappa shape index (κ3) is 4.15. The third-order valence-corrected chi connectivity index (χ3v) is 3.76. The minimum atomic E-state index is -0.312. The Morgan fingerprint density at radius 2 is 1.73 bits per heavy atom. The first kappa shape index (κ1) is 16.7. The topological polar surface area (TPSA) is 38.3 Å². The predicted molar refractivity (Wildman–Crippen MR) is 91.1 cm³/mol. The van der Waals surface area contributed by atoms with Crippen LogP contribution < -0.4 is 10.1 Å². The van der Waals surface area contributed by atoms with Crippen molar-refractivity contribution < 1.29 is 9.53 Å². The lowest BCUT2D eigenvalue weighted by Gasteiger charge is -2.14. The molecule has 0 fully saturated rings. The van der Waals surface area contributed by atoms with E-state index in [4.69, 9.17) is 27.9 Å². The van der Waals surface area contributed by atoms with Crippen LogP contribution in [0.15, 0.2) is 42.5 Å². The first-order chi connectivity index (χ1) is 10.5. The summed E-state index contributed by atoms with van der Waals surface area (Å²) in [6, 6.07) is 12.7. The maximum Gasteiger partial charge on any atom is 0.262 e. The molecule has 0 unspecified atom stereocenters. The van der Waals surface area contributed by atoms with Gasteiger partial charge in [-0.05, 0) is 29.7 Å². The van der Waals surface area contributed by atoms with Crippen LogP contribution in [-0.2, 0) is 4.79 Å². The smallest absolute Gasteiger partial charge is 0.262 e. The van der Waals surface area contributed by atoms with Gasteiger partial charge in [-0.3, -0.25) is 4.79 Å². The molecule has 0 atom stereocenters. The fourth-order valence-corrected chi connectivity index (χ4v) is 2.52. The zero-order chi connectivity index (χ0) is 16.1. The molecule has 3 nitrogen and oxygen atoms in total. The molecule has 0 aliphatic carbocycles. The summed E-state index contributed by atoms with van der Waals surface area (Å²) in [5.41, 5.74) is 1.46. The highest BCUT2D eigenvalue weighted by Gasteiger charge is 2.12. The van der Waals surface area contributed by atoms with Gasteiger partial charge >= 0.3 is 0 Å². The van der Waals surface area contributed by atoms with E-state index in [0.29, 0.717) is 27.4 Å². The summed E-state index contributed by atoms with van der Waals surface area (Å²) in [6.07, 6.45) is 0. The summed E-state index contributed by atoms with van der Waals surface area (Å²) in [5, 5.41) is 3.45. The zero-order valence-electron chi connectivity index (χ0n) is 12.4. The van der Waals surface area contributed by atoms with Crippen LogP contribution in [-0.4, -0.2) is 12.5 Å². The van der Waals surface area contributed by atoms with E-state index in [1.807, 2.05) is 24.3 Å². The highest BCUT2D eigenvalue weighted by molar-refractivity contribution is 6.39. The van der Waals surface area contributed by atoms with E-state index in [9.17, 15) is 4.79 Å². The van der Waals surface area contributed by atoms with Crippen molar-refractivity contribution >= 4 is 34.8 Å². The summed E-state index contributed by atoms with van der Waals surface area (Å²) < 4.78 is 5.61. The minimum Gasteiger partial charge on any atom is -0.483 e. The van der Waals surface area contributed by atoms with E-state index in [-0.39, 0.29) is 12.5 Å². The number of benzene rings is 2. The first-order valence-electron chi connectivity index (χ1n) is 6.94. The molecule has 0 saturated carbocycles. The van der Waals surface area contributed by atoms with Crippen LogP contribution in [0, 0.1) is 0 Å². The van der Waals surface area contributed by atoms with Crippen molar-refractivity contribution in [2.24, 2.45) is 0 Å². The Hall–Kier alpha value is -1.71. The van der Waals surface area contributed by atoms with E-state index in [2.05, 4.69) is 19.2 Å². The number of para-hydroxylation sites is 2. The van der Waals surface area contributed by atoms with Gasteiger partial charge in [0.1, 0.15) is 5.75 Å². The highest BCUT2D eigenvalue weighted by atomic mass is 35.5. The molecule has 116 valence electrons. The van der Waals surface area contributed by atoms with Gasteiger partial charge in [0.25, 0.3) is 5.91 Å². The van der Waals surface area contributed by atoms with E-state index < -0.39 is 0 Å². The Morgan fingerprint density at radius 1 is 1.09 bits per heavy atom. The normalized spacial score (nSPS) is 10.6. The minimum absolute atomic E-state index is 0.106. The van der Waals surface area contributed by atoms with Crippen molar-refractivity contribution in [2.45, 2.75) is 19.8 Å². The molecule has 22 heavy (non-hydrogen) atoms. The SMILES string of the molecule is CC(C)c1ccccc1OCC(=O)Nc1c(Cl)cccc1Cl. The molecule has 0 saturated heterocycles. The van der Waals surface area contributed by atoms with Crippen molar-refractivity contribution in [3.63, 3.8) is 0 Å². The second-order valence-corrected chi connectivity index (χ2v) is 5.94. The number of carbonyl (C=O) groups is 1. The molecule has 2 aromatic rings. The van der Waals surface area contributed by atoms with E-state index in [1.54, 1.807) is 18.2 Å². The number of halogens is 2. The summed E-state index contributed by atoms with van der Waals surface area (Å²) in [5.74, 6) is 0.712. The van der Waals surface area contributed by atoms with Gasteiger partial charge in [0.15, 0.2) is 6.61 Å². The van der Waals surface area contributed by atoms with Crippen LogP contribution >= 0.6 is 23.2 Å². The number of nitrogens with one attached hydrogen (secondary N) is 1. The molecule has 0 bridgehead atoms. The van der Waals surface area contributed by atoms with Gasteiger partial charge in [-0.1, -0.05) is 61.3 Å². The monoisotopic (exact) mass is 337 g/mol. The maximum absolute atomic E-state index is 12.0. The second kappa shape index (κ2) is 7.52. The summed E-state index contributed by atoms with van der Waals surface area (Å²) in [6.45, 7) is 4.04. The zero-order valence-corrected chi connectivity index (χ0v) is 13.9. The largest absolute Gasteiger partial charge is 0.483 e. The number of ether oxygens (including phenoxy) is 1. The second-order valence-electron chi connectivity index (χ2n) is 5.13. The van der Waals surface area contributed by atoms with Crippen LogP contribution in [0.4, 0.5) is 5.69 Å². The van der Waals surface area contributed by atoms with Gasteiger partial charge < -0.3 is 10.1 Å². The number of rotatable bonds is 5. The first-order valence-corrected chi connectivity index (χ1v) is 7.70. The van der Waals surface area contributed by atoms with Gasteiger partial charge in [-0.15, -0.1) is 0 Å². The van der Waals surface area contributed by atoms with Crippen LogP contribution in [0.5, 0.6) is 5.75 Å². The lowest BCUT2D eigenvalue weighted by Crippen LogP contribution is -2.21. The molecule has 5 heteroatoms. The van der Waals surface area contributed by atoms with Gasteiger partial charge in [0.05, 0.1) is 15.7 Å². The lowest BCUT2D eigenvalue weighted by atomic mass is 10.0. The number of hydrogen-bond donors (Lipinski definition) is 1. The van der Waals surface area contributed by atoms with E-state index >= 15 is 0 Å². The fraction of sp³-hybridized carbons (Fsp3) is 0.235. The molecule has 0 aliphatic rings. The highest BCUT2D eigenvalue weighted by Crippen LogP contribution is 2.30. The number of anilines is 1. The Morgan fingerprint density at radius 3 is 2.36 bits per heavy atom. The fourth-order valence-electron chi connectivity index (χ4n) is 2.02. The van der Waals surface area contributed by atoms with Gasteiger partial charge in [0, 0.05) is 0 Å².